The van der Waals surface area contributed by atoms with Crippen molar-refractivity contribution < 1.29 is 17.9 Å². The van der Waals surface area contributed by atoms with Crippen molar-refractivity contribution in [3.63, 3.8) is 0 Å². The van der Waals surface area contributed by atoms with Gasteiger partial charge in [0.1, 0.15) is 17.3 Å². The van der Waals surface area contributed by atoms with Gasteiger partial charge >= 0.3 is 0 Å². The van der Waals surface area contributed by atoms with Crippen molar-refractivity contribution in [3.8, 4) is 11.4 Å². The van der Waals surface area contributed by atoms with Crippen LogP contribution in [0.2, 0.25) is 0 Å². The second-order valence-electron chi connectivity index (χ2n) is 5.49. The summed E-state index contributed by atoms with van der Waals surface area (Å²) >= 11 is 0.553. The second-order valence-corrected chi connectivity index (χ2v) is 6.47. The van der Waals surface area contributed by atoms with Gasteiger partial charge in [0.25, 0.3) is 5.76 Å². The van der Waals surface area contributed by atoms with Gasteiger partial charge in [-0.25, -0.2) is 4.68 Å². The van der Waals surface area contributed by atoms with Crippen LogP contribution in [0.4, 0.5) is 8.78 Å². The summed E-state index contributed by atoms with van der Waals surface area (Å²) in [5.41, 5.74) is 1.84. The summed E-state index contributed by atoms with van der Waals surface area (Å²) in [5, 5.41) is 7.75. The van der Waals surface area contributed by atoms with E-state index in [0.717, 1.165) is 17.1 Å². The van der Waals surface area contributed by atoms with E-state index in [1.165, 1.54) is 0 Å². The third-order valence-corrected chi connectivity index (χ3v) is 4.36. The third-order valence-electron chi connectivity index (χ3n) is 3.66. The van der Waals surface area contributed by atoms with E-state index < -0.39 is 5.76 Å². The Morgan fingerprint density at radius 2 is 1.88 bits per heavy atom. The maximum atomic E-state index is 12.2. The van der Waals surface area contributed by atoms with Gasteiger partial charge in [-0.3, -0.25) is 0 Å². The molecule has 0 saturated carbocycles. The maximum Gasteiger partial charge on any atom is 0.284 e. The molecule has 0 amide bonds. The third kappa shape index (κ3) is 5.09. The summed E-state index contributed by atoms with van der Waals surface area (Å²) in [6.45, 7) is 1.08. The average molecular weight is 379 g/mol. The Hall–Kier alpha value is -2.32. The quantitative estimate of drug-likeness (QED) is 0.603. The second kappa shape index (κ2) is 8.86. The minimum Gasteiger partial charge on any atom is -0.497 e. The number of aromatic nitrogens is 2. The molecular weight excluding hydrogens is 360 g/mol. The Morgan fingerprint density at radius 3 is 2.62 bits per heavy atom. The smallest absolute Gasteiger partial charge is 0.284 e. The molecule has 5 nitrogen and oxygen atoms in total. The number of thioether (sulfide) groups is 1. The molecule has 0 atom stereocenters. The number of ether oxygens (including phenoxy) is 1. The molecule has 0 aliphatic rings. The van der Waals surface area contributed by atoms with Crippen LogP contribution < -0.4 is 10.1 Å². The van der Waals surface area contributed by atoms with Gasteiger partial charge < -0.3 is 14.5 Å². The van der Waals surface area contributed by atoms with Crippen LogP contribution in [0.3, 0.4) is 0 Å². The number of nitrogens with zero attached hydrogens (tertiary/aromatic N) is 2. The van der Waals surface area contributed by atoms with Crippen LogP contribution in [0.1, 0.15) is 17.2 Å². The van der Waals surface area contributed by atoms with E-state index in [1.54, 1.807) is 23.9 Å². The molecule has 0 aliphatic carbocycles. The largest absolute Gasteiger partial charge is 0.497 e. The summed E-state index contributed by atoms with van der Waals surface area (Å²) in [6.07, 6.45) is 1.89. The molecular formula is C18H19F2N3O2S. The number of halogens is 2. The van der Waals surface area contributed by atoms with Crippen molar-refractivity contribution in [2.24, 2.45) is 0 Å². The van der Waals surface area contributed by atoms with Crippen LogP contribution in [0, 0.1) is 0 Å². The van der Waals surface area contributed by atoms with Crippen molar-refractivity contribution >= 4 is 11.8 Å². The van der Waals surface area contributed by atoms with Gasteiger partial charge in [-0.15, -0.1) is 0 Å². The molecule has 26 heavy (non-hydrogen) atoms. The lowest BCUT2D eigenvalue weighted by molar-refractivity contribution is 0.251. The fourth-order valence-corrected chi connectivity index (χ4v) is 2.83. The van der Waals surface area contributed by atoms with E-state index in [-0.39, 0.29) is 5.75 Å². The number of hydrogen-bond donors (Lipinski definition) is 1. The zero-order chi connectivity index (χ0) is 18.4. The Kier molecular flexibility index (Phi) is 6.30. The number of rotatable bonds is 9. The van der Waals surface area contributed by atoms with Gasteiger partial charge in [-0.05, 0) is 42.5 Å². The molecule has 0 unspecified atom stereocenters. The zero-order valence-electron chi connectivity index (χ0n) is 14.2. The van der Waals surface area contributed by atoms with Crippen LogP contribution >= 0.6 is 11.8 Å². The van der Waals surface area contributed by atoms with E-state index in [1.807, 2.05) is 36.5 Å². The molecule has 0 bridgehead atoms. The number of benzene rings is 1. The lowest BCUT2D eigenvalue weighted by atomic mass is 10.3. The van der Waals surface area contributed by atoms with Crippen LogP contribution in [0.5, 0.6) is 5.75 Å². The van der Waals surface area contributed by atoms with E-state index >= 15 is 0 Å². The summed E-state index contributed by atoms with van der Waals surface area (Å²) in [6, 6.07) is 13.1. The van der Waals surface area contributed by atoms with E-state index in [0.29, 0.717) is 36.4 Å². The summed E-state index contributed by atoms with van der Waals surface area (Å²) in [4.78, 5) is 0. The summed E-state index contributed by atoms with van der Waals surface area (Å²) < 4.78 is 36.8. The van der Waals surface area contributed by atoms with Crippen LogP contribution in [-0.2, 0) is 18.8 Å². The molecule has 3 rings (SSSR count). The highest BCUT2D eigenvalue weighted by Gasteiger charge is 2.08. The molecule has 0 saturated heterocycles. The predicted molar refractivity (Wildman–Crippen MR) is 96.7 cm³/mol. The topological polar surface area (TPSA) is 52.2 Å². The summed E-state index contributed by atoms with van der Waals surface area (Å²) in [5.74, 6) is -0.153. The van der Waals surface area contributed by atoms with Gasteiger partial charge in [0, 0.05) is 12.7 Å². The normalized spacial score (nSPS) is 11.2. The molecule has 0 radical (unpaired) electrons. The van der Waals surface area contributed by atoms with E-state index in [2.05, 4.69) is 10.4 Å². The van der Waals surface area contributed by atoms with E-state index in [9.17, 15) is 8.78 Å². The standard InChI is InChI=1S/C18H19F2N3O2S/c1-24-15-4-2-14(3-5-15)23-9-8-13(22-23)10-21-11-16-6-7-17(25-16)12-26-18(19)20/h2-9,18,21H,10-12H2,1H3. The van der Waals surface area contributed by atoms with Crippen molar-refractivity contribution in [1.82, 2.24) is 15.1 Å². The minimum absolute atomic E-state index is 0.171. The maximum absolute atomic E-state index is 12.2. The fourth-order valence-electron chi connectivity index (χ4n) is 2.39. The minimum atomic E-state index is -2.39. The van der Waals surface area contributed by atoms with Crippen molar-refractivity contribution in [1.29, 1.82) is 0 Å². The highest BCUT2D eigenvalue weighted by molar-refractivity contribution is 7.98. The van der Waals surface area contributed by atoms with Crippen LogP contribution in [0.25, 0.3) is 5.69 Å². The SMILES string of the molecule is COc1ccc(-n2ccc(CNCc3ccc(CSC(F)F)o3)n2)cc1. The first-order chi connectivity index (χ1) is 12.6. The highest BCUT2D eigenvalue weighted by Crippen LogP contribution is 2.21. The lowest BCUT2D eigenvalue weighted by Crippen LogP contribution is -2.12. The molecule has 2 aromatic heterocycles. The Labute approximate surface area is 154 Å². The lowest BCUT2D eigenvalue weighted by Gasteiger charge is -2.03. The molecule has 0 spiro atoms. The first-order valence-corrected chi connectivity index (χ1v) is 9.06. The number of methoxy groups -OCH3 is 1. The first kappa shape index (κ1) is 18.5. The highest BCUT2D eigenvalue weighted by atomic mass is 32.2. The zero-order valence-corrected chi connectivity index (χ0v) is 15.0. The van der Waals surface area contributed by atoms with Gasteiger partial charge in [0.05, 0.1) is 30.8 Å². The van der Waals surface area contributed by atoms with Gasteiger partial charge in [0.15, 0.2) is 0 Å². The van der Waals surface area contributed by atoms with Crippen LogP contribution in [0.15, 0.2) is 53.1 Å². The molecule has 1 N–H and O–H groups in total. The Morgan fingerprint density at radius 1 is 1.12 bits per heavy atom. The molecule has 2 heterocycles. The Bertz CT molecular complexity index is 818. The molecule has 1 aromatic carbocycles. The molecule has 138 valence electrons. The van der Waals surface area contributed by atoms with Gasteiger partial charge in [-0.1, -0.05) is 11.8 Å². The first-order valence-electron chi connectivity index (χ1n) is 8.01. The predicted octanol–water partition coefficient (Wildman–Crippen LogP) is 4.22. The molecule has 0 fully saturated rings. The van der Waals surface area contributed by atoms with Crippen molar-refractivity contribution in [2.45, 2.75) is 24.6 Å². The number of alkyl halides is 2. The van der Waals surface area contributed by atoms with E-state index in [4.69, 9.17) is 9.15 Å². The Balaban J connectivity index is 1.49. The van der Waals surface area contributed by atoms with Crippen molar-refractivity contribution in [3.05, 3.63) is 65.9 Å². The summed E-state index contributed by atoms with van der Waals surface area (Å²) in [7, 11) is 1.63. The number of furan rings is 1. The molecule has 0 aliphatic heterocycles. The van der Waals surface area contributed by atoms with Gasteiger partial charge in [-0.2, -0.15) is 13.9 Å². The number of hydrogen-bond acceptors (Lipinski definition) is 5. The fraction of sp³-hybridized carbons (Fsp3) is 0.278. The van der Waals surface area contributed by atoms with Gasteiger partial charge in [0.2, 0.25) is 0 Å². The van der Waals surface area contributed by atoms with Crippen LogP contribution in [-0.4, -0.2) is 22.6 Å². The number of nitrogens with one attached hydrogen (secondary N) is 1. The molecule has 8 heteroatoms. The average Bonchev–Trinajstić information content (AvgIpc) is 3.30. The monoisotopic (exact) mass is 379 g/mol. The molecule has 3 aromatic rings. The van der Waals surface area contributed by atoms with Crippen molar-refractivity contribution in [2.75, 3.05) is 7.11 Å².